The van der Waals surface area contributed by atoms with Gasteiger partial charge in [0.05, 0.1) is 17.4 Å². The molecule has 0 aliphatic rings. The summed E-state index contributed by atoms with van der Waals surface area (Å²) in [4.78, 5) is 20.1. The Bertz CT molecular complexity index is 970. The molecule has 0 bridgehead atoms. The summed E-state index contributed by atoms with van der Waals surface area (Å²) in [5, 5.41) is 2.85. The van der Waals surface area contributed by atoms with E-state index in [9.17, 15) is 13.2 Å². The first-order valence-electron chi connectivity index (χ1n) is 9.52. The van der Waals surface area contributed by atoms with Gasteiger partial charge in [-0.3, -0.25) is 9.27 Å². The molecule has 1 aromatic carbocycles. The number of hydrogen-bond acceptors (Lipinski definition) is 5. The number of benzene rings is 1. The first kappa shape index (κ1) is 23.7. The van der Waals surface area contributed by atoms with E-state index >= 15 is 0 Å². The molecular weight excluding hydrogens is 408 g/mol. The number of carbonyl (C=O) groups is 1. The minimum atomic E-state index is -4.34. The van der Waals surface area contributed by atoms with Crippen molar-refractivity contribution in [2.24, 2.45) is 0 Å². The van der Waals surface area contributed by atoms with Gasteiger partial charge in [0, 0.05) is 18.0 Å². The smallest absolute Gasteiger partial charge is 0.408 e. The van der Waals surface area contributed by atoms with Gasteiger partial charge in [0.25, 0.3) is 0 Å². The van der Waals surface area contributed by atoms with Crippen molar-refractivity contribution in [3.05, 3.63) is 47.5 Å². The lowest BCUT2D eigenvalue weighted by Gasteiger charge is -2.23. The highest BCUT2D eigenvalue weighted by Gasteiger charge is 2.25. The van der Waals surface area contributed by atoms with Crippen LogP contribution in [0.15, 0.2) is 30.5 Å². The molecule has 0 aliphatic heterocycles. The number of carbonyl (C=O) groups excluding carboxylic acids is 1. The normalized spacial score (nSPS) is 13.6. The maximum Gasteiger partial charge on any atom is 0.408 e. The molecule has 0 fully saturated rings. The van der Waals surface area contributed by atoms with Crippen LogP contribution in [-0.2, 0) is 26.9 Å². The van der Waals surface area contributed by atoms with Crippen LogP contribution in [0.3, 0.4) is 0 Å². The summed E-state index contributed by atoms with van der Waals surface area (Å²) in [6.45, 7) is 11.5. The third-order valence-electron chi connectivity index (χ3n) is 4.03. The van der Waals surface area contributed by atoms with Crippen molar-refractivity contribution in [1.82, 2.24) is 15.3 Å². The van der Waals surface area contributed by atoms with Crippen molar-refractivity contribution in [2.75, 3.05) is 4.72 Å². The topological polar surface area (TPSA) is 133 Å². The van der Waals surface area contributed by atoms with E-state index in [2.05, 4.69) is 15.3 Å². The van der Waals surface area contributed by atoms with Gasteiger partial charge < -0.3 is 15.0 Å². The summed E-state index contributed by atoms with van der Waals surface area (Å²) in [5.41, 5.74) is 1.11. The number of anilines is 1. The van der Waals surface area contributed by atoms with E-state index in [0.29, 0.717) is 12.2 Å². The highest BCUT2D eigenvalue weighted by atomic mass is 32.2. The summed E-state index contributed by atoms with van der Waals surface area (Å²) in [5.74, 6) is 0.589. The lowest BCUT2D eigenvalue weighted by atomic mass is 9.93. The molecule has 166 valence electrons. The molecule has 4 N–H and O–H groups in total. The van der Waals surface area contributed by atoms with Crippen LogP contribution in [0.5, 0.6) is 0 Å². The number of ether oxygens (including phenoxy) is 1. The maximum absolute atomic E-state index is 12.4. The van der Waals surface area contributed by atoms with Gasteiger partial charge in [0.2, 0.25) is 0 Å². The fourth-order valence-electron chi connectivity index (χ4n) is 2.66. The molecular formula is C20H30N4O5S. The zero-order valence-electron chi connectivity index (χ0n) is 18.1. The lowest BCUT2D eigenvalue weighted by Crippen LogP contribution is -2.36. The Morgan fingerprint density at radius 1 is 1.17 bits per heavy atom. The molecule has 10 heteroatoms. The Morgan fingerprint density at radius 2 is 1.77 bits per heavy atom. The van der Waals surface area contributed by atoms with Gasteiger partial charge in [-0.15, -0.1) is 0 Å². The molecule has 2 aromatic rings. The van der Waals surface area contributed by atoms with Gasteiger partial charge in [-0.2, -0.15) is 8.42 Å². The zero-order chi connectivity index (χ0) is 22.7. The number of imidazole rings is 1. The highest BCUT2D eigenvalue weighted by Crippen LogP contribution is 2.24. The van der Waals surface area contributed by atoms with Crippen molar-refractivity contribution < 1.29 is 22.5 Å². The Labute approximate surface area is 177 Å². The van der Waals surface area contributed by atoms with Gasteiger partial charge in [-0.25, -0.2) is 9.78 Å². The molecule has 1 amide bonds. The number of nitrogens with zero attached hydrogens (tertiary/aromatic N) is 1. The zero-order valence-corrected chi connectivity index (χ0v) is 18.9. The lowest BCUT2D eigenvalue weighted by molar-refractivity contribution is 0.0501. The number of nitrogens with one attached hydrogen (secondary N) is 3. The third kappa shape index (κ3) is 7.68. The van der Waals surface area contributed by atoms with Crippen LogP contribution < -0.4 is 10.0 Å². The van der Waals surface area contributed by atoms with E-state index < -0.39 is 28.0 Å². The molecule has 1 heterocycles. The van der Waals surface area contributed by atoms with Crippen LogP contribution in [0.4, 0.5) is 10.5 Å². The van der Waals surface area contributed by atoms with E-state index in [4.69, 9.17) is 9.29 Å². The van der Waals surface area contributed by atoms with Crippen molar-refractivity contribution in [3.63, 3.8) is 0 Å². The number of H-pyrrole nitrogens is 1. The Morgan fingerprint density at radius 3 is 2.23 bits per heavy atom. The fraction of sp³-hybridized carbons (Fsp3) is 0.500. The molecule has 2 rings (SSSR count). The molecule has 30 heavy (non-hydrogen) atoms. The number of rotatable bonds is 6. The quantitative estimate of drug-likeness (QED) is 0.508. The first-order chi connectivity index (χ1) is 13.6. The summed E-state index contributed by atoms with van der Waals surface area (Å²) in [6.07, 6.45) is 1.65. The van der Waals surface area contributed by atoms with Crippen molar-refractivity contribution in [3.8, 4) is 0 Å². The minimum Gasteiger partial charge on any atom is -0.444 e. The Balaban J connectivity index is 2.25. The average molecular weight is 439 g/mol. The van der Waals surface area contributed by atoms with Crippen LogP contribution in [0.2, 0.25) is 0 Å². The van der Waals surface area contributed by atoms with Crippen LogP contribution in [0, 0.1) is 0 Å². The van der Waals surface area contributed by atoms with Crippen molar-refractivity contribution in [1.29, 1.82) is 0 Å². The second-order valence-electron chi connectivity index (χ2n) is 9.10. The predicted octanol–water partition coefficient (Wildman–Crippen LogP) is 3.73. The summed E-state index contributed by atoms with van der Waals surface area (Å²) in [6, 6.07) is 5.96. The fourth-order valence-corrected chi connectivity index (χ4v) is 3.09. The molecule has 0 radical (unpaired) electrons. The molecule has 0 unspecified atom stereocenters. The van der Waals surface area contributed by atoms with Gasteiger partial charge in [-0.05, 0) is 38.5 Å². The third-order valence-corrected chi connectivity index (χ3v) is 4.52. The number of hydrogen-bond donors (Lipinski definition) is 4. The molecule has 1 atom stereocenters. The van der Waals surface area contributed by atoms with E-state index in [1.807, 2.05) is 31.7 Å². The number of alkyl carbamates (subject to hydrolysis) is 1. The van der Waals surface area contributed by atoms with Crippen LogP contribution in [-0.4, -0.2) is 34.6 Å². The number of aromatic amines is 1. The second-order valence-corrected chi connectivity index (χ2v) is 10.3. The molecule has 0 aliphatic carbocycles. The van der Waals surface area contributed by atoms with E-state index in [1.54, 1.807) is 32.9 Å². The standard InChI is InChI=1S/C20H30N4O5S/c1-19(2,3)16-12-21-17(23-16)15(22-18(25)29-20(4,5)6)11-13-7-9-14(10-8-13)24-30(26,27)28/h7-10,12,15,24H,11H2,1-6H3,(H,21,23)(H,22,25)(H,26,27,28)/t15-/m0/s1. The van der Waals surface area contributed by atoms with E-state index in [0.717, 1.165) is 11.3 Å². The first-order valence-corrected chi connectivity index (χ1v) is 11.0. The average Bonchev–Trinajstić information content (AvgIpc) is 3.03. The van der Waals surface area contributed by atoms with Gasteiger partial charge in [0.15, 0.2) is 0 Å². The van der Waals surface area contributed by atoms with Gasteiger partial charge >= 0.3 is 16.4 Å². The number of aromatic nitrogens is 2. The van der Waals surface area contributed by atoms with Gasteiger partial charge in [-0.1, -0.05) is 32.9 Å². The Hall–Kier alpha value is -2.59. The highest BCUT2D eigenvalue weighted by molar-refractivity contribution is 7.87. The summed E-state index contributed by atoms with van der Waals surface area (Å²) in [7, 11) is -4.34. The molecule has 0 spiro atoms. The van der Waals surface area contributed by atoms with E-state index in [-0.39, 0.29) is 11.1 Å². The van der Waals surface area contributed by atoms with Crippen LogP contribution >= 0.6 is 0 Å². The maximum atomic E-state index is 12.4. The Kier molecular flexibility index (Phi) is 6.83. The van der Waals surface area contributed by atoms with E-state index in [1.165, 1.54) is 12.1 Å². The summed E-state index contributed by atoms with van der Waals surface area (Å²) < 4.78 is 38.1. The molecule has 0 saturated heterocycles. The predicted molar refractivity (Wildman–Crippen MR) is 115 cm³/mol. The summed E-state index contributed by atoms with van der Waals surface area (Å²) >= 11 is 0. The minimum absolute atomic E-state index is 0.158. The van der Waals surface area contributed by atoms with Crippen LogP contribution in [0.1, 0.15) is 64.7 Å². The SMILES string of the molecule is CC(C)(C)OC(=O)N[C@@H](Cc1ccc(NS(=O)(=O)O)cc1)c1nc(C(C)(C)C)c[nH]1. The molecule has 0 saturated carbocycles. The van der Waals surface area contributed by atoms with Crippen LogP contribution in [0.25, 0.3) is 0 Å². The monoisotopic (exact) mass is 438 g/mol. The largest absolute Gasteiger partial charge is 0.444 e. The molecule has 9 nitrogen and oxygen atoms in total. The van der Waals surface area contributed by atoms with Crippen molar-refractivity contribution >= 4 is 22.1 Å². The number of amides is 1. The van der Waals surface area contributed by atoms with Gasteiger partial charge in [0.1, 0.15) is 11.4 Å². The molecule has 1 aromatic heterocycles. The van der Waals surface area contributed by atoms with Crippen molar-refractivity contribution in [2.45, 2.75) is 65.0 Å². The second kappa shape index (κ2) is 8.65.